The summed E-state index contributed by atoms with van der Waals surface area (Å²) >= 11 is 0. The first-order valence-electron chi connectivity index (χ1n) is 9.60. The van der Waals surface area contributed by atoms with E-state index in [-0.39, 0.29) is 5.91 Å². The zero-order valence-corrected chi connectivity index (χ0v) is 16.6. The molecule has 0 aliphatic heterocycles. The van der Waals surface area contributed by atoms with Crippen LogP contribution in [0.5, 0.6) is 0 Å². The summed E-state index contributed by atoms with van der Waals surface area (Å²) in [6.07, 6.45) is 0. The molecule has 0 saturated heterocycles. The highest BCUT2D eigenvalue weighted by Crippen LogP contribution is 2.27. The lowest BCUT2D eigenvalue weighted by Gasteiger charge is -2.10. The Morgan fingerprint density at radius 2 is 1.80 bits per heavy atom. The Morgan fingerprint density at radius 3 is 2.50 bits per heavy atom. The molecule has 0 saturated carbocycles. The second kappa shape index (κ2) is 8.21. The van der Waals surface area contributed by atoms with E-state index in [9.17, 15) is 9.59 Å². The number of furan rings is 1. The van der Waals surface area contributed by atoms with E-state index in [2.05, 4.69) is 10.3 Å². The lowest BCUT2D eigenvalue weighted by Crippen LogP contribution is -2.13. The van der Waals surface area contributed by atoms with Crippen LogP contribution in [0.2, 0.25) is 0 Å². The van der Waals surface area contributed by atoms with Crippen molar-refractivity contribution in [3.8, 4) is 11.5 Å². The molecular weight excluding hydrogens is 380 g/mol. The molecule has 4 aromatic rings. The number of ether oxygens (including phenoxy) is 1. The van der Waals surface area contributed by atoms with Crippen LogP contribution in [0.15, 0.2) is 71.1 Å². The topological polar surface area (TPSA) is 81.4 Å². The molecule has 1 N–H and O–H groups in total. The minimum atomic E-state index is -0.395. The fraction of sp³-hybridized carbons (Fsp3) is 0.125. The van der Waals surface area contributed by atoms with E-state index >= 15 is 0 Å². The van der Waals surface area contributed by atoms with E-state index in [0.717, 1.165) is 11.1 Å². The van der Waals surface area contributed by atoms with Gasteiger partial charge in [-0.1, -0.05) is 18.2 Å². The third-order valence-electron chi connectivity index (χ3n) is 4.61. The number of aryl methyl sites for hydroxylation is 1. The number of nitrogens with one attached hydrogen (secondary N) is 1. The number of nitrogens with zero attached hydrogens (tertiary/aromatic N) is 1. The van der Waals surface area contributed by atoms with E-state index in [0.29, 0.717) is 40.4 Å². The summed E-state index contributed by atoms with van der Waals surface area (Å²) in [7, 11) is 0. The molecule has 0 atom stereocenters. The van der Waals surface area contributed by atoms with Crippen molar-refractivity contribution in [3.63, 3.8) is 0 Å². The van der Waals surface area contributed by atoms with Crippen molar-refractivity contribution >= 4 is 28.5 Å². The number of para-hydroxylation sites is 1. The Hall–Kier alpha value is -3.93. The summed E-state index contributed by atoms with van der Waals surface area (Å²) in [6.45, 7) is 3.92. The number of rotatable bonds is 5. The number of pyridine rings is 1. The number of anilines is 1. The molecule has 4 rings (SSSR count). The van der Waals surface area contributed by atoms with Gasteiger partial charge in [-0.25, -0.2) is 9.78 Å². The minimum absolute atomic E-state index is 0.276. The number of benzene rings is 2. The van der Waals surface area contributed by atoms with E-state index in [1.807, 2.05) is 43.3 Å². The first-order chi connectivity index (χ1) is 14.5. The molecule has 6 nitrogen and oxygen atoms in total. The van der Waals surface area contributed by atoms with E-state index in [1.54, 1.807) is 37.3 Å². The summed E-state index contributed by atoms with van der Waals surface area (Å²) in [5.41, 5.74) is 2.78. The number of carbonyl (C=O) groups excluding carboxylic acids is 2. The number of hydrogen-bond donors (Lipinski definition) is 1. The summed E-state index contributed by atoms with van der Waals surface area (Å²) in [4.78, 5) is 29.5. The minimum Gasteiger partial charge on any atom is -0.462 e. The maximum absolute atomic E-state index is 13.1. The van der Waals surface area contributed by atoms with Crippen molar-refractivity contribution in [2.75, 3.05) is 11.9 Å². The third-order valence-corrected chi connectivity index (χ3v) is 4.61. The molecule has 2 heterocycles. The molecule has 0 unspecified atom stereocenters. The maximum Gasteiger partial charge on any atom is 0.338 e. The largest absolute Gasteiger partial charge is 0.462 e. The van der Waals surface area contributed by atoms with Crippen molar-refractivity contribution in [1.29, 1.82) is 0 Å². The smallest absolute Gasteiger partial charge is 0.338 e. The van der Waals surface area contributed by atoms with Crippen LogP contribution < -0.4 is 5.32 Å². The Balaban J connectivity index is 1.66. The molecule has 2 aromatic heterocycles. The molecular formula is C24H20N2O4. The van der Waals surface area contributed by atoms with Crippen LogP contribution in [-0.4, -0.2) is 23.5 Å². The van der Waals surface area contributed by atoms with E-state index in [1.165, 1.54) is 0 Å². The van der Waals surface area contributed by atoms with E-state index < -0.39 is 5.97 Å². The van der Waals surface area contributed by atoms with Crippen LogP contribution in [0.25, 0.3) is 22.4 Å². The normalized spacial score (nSPS) is 10.7. The number of hydrogen-bond acceptors (Lipinski definition) is 5. The first-order valence-corrected chi connectivity index (χ1v) is 9.60. The predicted molar refractivity (Wildman–Crippen MR) is 115 cm³/mol. The van der Waals surface area contributed by atoms with Crippen molar-refractivity contribution in [3.05, 3.63) is 83.6 Å². The van der Waals surface area contributed by atoms with Gasteiger partial charge in [0.15, 0.2) is 5.76 Å². The summed E-state index contributed by atoms with van der Waals surface area (Å²) < 4.78 is 10.7. The second-order valence-corrected chi connectivity index (χ2v) is 6.73. The van der Waals surface area contributed by atoms with Crippen LogP contribution >= 0.6 is 0 Å². The van der Waals surface area contributed by atoms with Crippen LogP contribution in [0.3, 0.4) is 0 Å². The lowest BCUT2D eigenvalue weighted by atomic mass is 10.1. The molecule has 2 aromatic carbocycles. The Bertz CT molecular complexity index is 1230. The van der Waals surface area contributed by atoms with Crippen LogP contribution in [0.1, 0.15) is 33.4 Å². The van der Waals surface area contributed by atoms with Crippen molar-refractivity contribution in [1.82, 2.24) is 4.98 Å². The Kier molecular flexibility index (Phi) is 5.30. The van der Waals surface area contributed by atoms with Gasteiger partial charge in [0.05, 0.1) is 23.3 Å². The molecule has 0 aliphatic carbocycles. The standard InChI is InChI=1S/C24H20N2O4/c1-3-29-24(28)16-9-11-17(12-10-16)25-23(27)19-14-21(22-13-8-15(2)30-22)26-20-7-5-4-6-18(19)20/h4-14H,3H2,1-2H3,(H,25,27). The SMILES string of the molecule is CCOC(=O)c1ccc(NC(=O)c2cc(-c3ccc(C)o3)nc3ccccc23)cc1. The van der Waals surface area contributed by atoms with Gasteiger partial charge in [0.25, 0.3) is 5.91 Å². The summed E-state index contributed by atoms with van der Waals surface area (Å²) in [5, 5.41) is 3.62. The molecule has 0 radical (unpaired) electrons. The first kappa shape index (κ1) is 19.4. The highest BCUT2D eigenvalue weighted by molar-refractivity contribution is 6.13. The van der Waals surface area contributed by atoms with Gasteiger partial charge in [-0.05, 0) is 62.4 Å². The van der Waals surface area contributed by atoms with Crippen molar-refractivity contribution in [2.24, 2.45) is 0 Å². The molecule has 0 aliphatic rings. The third kappa shape index (κ3) is 3.93. The number of fused-ring (bicyclic) bond motifs is 1. The molecule has 1 amide bonds. The van der Waals surface area contributed by atoms with Gasteiger partial charge in [0.1, 0.15) is 11.5 Å². The van der Waals surface area contributed by atoms with Gasteiger partial charge in [-0.3, -0.25) is 4.79 Å². The zero-order valence-electron chi connectivity index (χ0n) is 16.6. The zero-order chi connectivity index (χ0) is 21.1. The number of amides is 1. The summed E-state index contributed by atoms with van der Waals surface area (Å²) in [6, 6.07) is 19.5. The predicted octanol–water partition coefficient (Wildman–Crippen LogP) is 5.23. The molecule has 150 valence electrons. The molecule has 30 heavy (non-hydrogen) atoms. The molecule has 0 bridgehead atoms. The average molecular weight is 400 g/mol. The number of aromatic nitrogens is 1. The fourth-order valence-corrected chi connectivity index (χ4v) is 3.16. The van der Waals surface area contributed by atoms with Gasteiger partial charge < -0.3 is 14.5 Å². The Labute approximate surface area is 173 Å². The quantitative estimate of drug-likeness (QED) is 0.464. The number of carbonyl (C=O) groups is 2. The van der Waals surface area contributed by atoms with Crippen LogP contribution in [0.4, 0.5) is 5.69 Å². The van der Waals surface area contributed by atoms with Crippen molar-refractivity contribution < 1.29 is 18.7 Å². The Morgan fingerprint density at radius 1 is 1.03 bits per heavy atom. The van der Waals surface area contributed by atoms with Crippen LogP contribution in [-0.2, 0) is 4.74 Å². The summed E-state index contributed by atoms with van der Waals surface area (Å²) in [5.74, 6) is 0.703. The molecule has 0 spiro atoms. The highest BCUT2D eigenvalue weighted by Gasteiger charge is 2.16. The van der Waals surface area contributed by atoms with Gasteiger partial charge in [0, 0.05) is 11.1 Å². The molecule has 0 fully saturated rings. The van der Waals surface area contributed by atoms with E-state index in [4.69, 9.17) is 9.15 Å². The van der Waals surface area contributed by atoms with Gasteiger partial charge >= 0.3 is 5.97 Å². The van der Waals surface area contributed by atoms with Crippen molar-refractivity contribution in [2.45, 2.75) is 13.8 Å². The molecule has 6 heteroatoms. The second-order valence-electron chi connectivity index (χ2n) is 6.73. The monoisotopic (exact) mass is 400 g/mol. The van der Waals surface area contributed by atoms with Gasteiger partial charge in [-0.2, -0.15) is 0 Å². The lowest BCUT2D eigenvalue weighted by molar-refractivity contribution is 0.0526. The van der Waals surface area contributed by atoms with Gasteiger partial charge in [-0.15, -0.1) is 0 Å². The highest BCUT2D eigenvalue weighted by atomic mass is 16.5. The van der Waals surface area contributed by atoms with Crippen LogP contribution in [0, 0.1) is 6.92 Å². The number of esters is 1. The van der Waals surface area contributed by atoms with Gasteiger partial charge in [0.2, 0.25) is 0 Å². The fourth-order valence-electron chi connectivity index (χ4n) is 3.16. The maximum atomic E-state index is 13.1. The average Bonchev–Trinajstić information content (AvgIpc) is 3.20.